The van der Waals surface area contributed by atoms with Crippen molar-refractivity contribution in [3.8, 4) is 11.5 Å². The fourth-order valence-electron chi connectivity index (χ4n) is 2.64. The molecule has 10 nitrogen and oxygen atoms in total. The van der Waals surface area contributed by atoms with Gasteiger partial charge in [0, 0.05) is 11.6 Å². The lowest BCUT2D eigenvalue weighted by molar-refractivity contribution is -0.385. The average molecular weight is 396 g/mol. The fourth-order valence-corrected chi connectivity index (χ4v) is 2.64. The van der Waals surface area contributed by atoms with Crippen molar-refractivity contribution in [1.29, 1.82) is 0 Å². The molecule has 0 saturated carbocycles. The number of para-hydroxylation sites is 1. The van der Waals surface area contributed by atoms with Gasteiger partial charge in [0.05, 0.1) is 29.2 Å². The molecule has 0 amide bonds. The van der Waals surface area contributed by atoms with Gasteiger partial charge < -0.3 is 14.5 Å². The largest absolute Gasteiger partial charge is 0.493 e. The molecule has 0 atom stereocenters. The summed E-state index contributed by atoms with van der Waals surface area (Å²) in [5.74, 6) is 0.0394. The Hall–Kier alpha value is -4.21. The number of nitro benzene ring substituents is 1. The summed E-state index contributed by atoms with van der Waals surface area (Å²) in [7, 11) is 1.33. The van der Waals surface area contributed by atoms with Gasteiger partial charge in [-0.2, -0.15) is 5.10 Å². The molecule has 0 radical (unpaired) electrons. The van der Waals surface area contributed by atoms with Crippen molar-refractivity contribution < 1.29 is 14.4 Å². The van der Waals surface area contributed by atoms with Crippen molar-refractivity contribution in [3.63, 3.8) is 0 Å². The summed E-state index contributed by atoms with van der Waals surface area (Å²) in [4.78, 5) is 38.0. The quantitative estimate of drug-likeness (QED) is 0.282. The Morgan fingerprint density at radius 1 is 1.31 bits per heavy atom. The number of methoxy groups -OCH3 is 1. The van der Waals surface area contributed by atoms with Crippen LogP contribution in [-0.2, 0) is 0 Å². The molecule has 2 aromatic carbocycles. The number of aromatic amines is 1. The molecule has 0 saturated heterocycles. The predicted octanol–water partition coefficient (Wildman–Crippen LogP) is 2.05. The van der Waals surface area contributed by atoms with Crippen LogP contribution in [-0.4, -0.2) is 34.5 Å². The number of nitrogens with one attached hydrogen (secondary N) is 1. The third-order valence-electron chi connectivity index (χ3n) is 3.93. The van der Waals surface area contributed by atoms with Crippen LogP contribution in [0.5, 0.6) is 11.5 Å². The number of ether oxygens (including phenoxy) is 2. The van der Waals surface area contributed by atoms with Gasteiger partial charge in [-0.05, 0) is 18.2 Å². The van der Waals surface area contributed by atoms with Gasteiger partial charge in [0.2, 0.25) is 5.75 Å². The van der Waals surface area contributed by atoms with Gasteiger partial charge in [-0.3, -0.25) is 14.9 Å². The lowest BCUT2D eigenvalue weighted by Crippen LogP contribution is -2.32. The first-order valence-corrected chi connectivity index (χ1v) is 8.34. The van der Waals surface area contributed by atoms with E-state index in [-0.39, 0.29) is 34.7 Å². The van der Waals surface area contributed by atoms with Gasteiger partial charge in [-0.25, -0.2) is 4.79 Å². The maximum Gasteiger partial charge on any atom is 0.349 e. The Morgan fingerprint density at radius 3 is 2.76 bits per heavy atom. The number of aromatic nitrogens is 2. The van der Waals surface area contributed by atoms with Crippen LogP contribution in [0, 0.1) is 10.1 Å². The van der Waals surface area contributed by atoms with Crippen molar-refractivity contribution in [1.82, 2.24) is 9.66 Å². The maximum atomic E-state index is 12.5. The number of rotatable bonds is 7. The van der Waals surface area contributed by atoms with E-state index in [0.717, 1.165) is 6.21 Å². The van der Waals surface area contributed by atoms with Crippen molar-refractivity contribution in [2.75, 3.05) is 13.7 Å². The smallest absolute Gasteiger partial charge is 0.349 e. The van der Waals surface area contributed by atoms with Crippen LogP contribution < -0.4 is 20.7 Å². The molecule has 3 rings (SSSR count). The van der Waals surface area contributed by atoms with Crippen LogP contribution in [0.25, 0.3) is 10.9 Å². The number of fused-ring (bicyclic) bond motifs is 1. The summed E-state index contributed by atoms with van der Waals surface area (Å²) in [5, 5.41) is 15.6. The molecule has 1 N–H and O–H groups in total. The molecule has 1 heterocycles. The number of H-pyrrole nitrogens is 1. The molecule has 0 aliphatic rings. The highest BCUT2D eigenvalue weighted by Gasteiger charge is 2.22. The number of hydrogen-bond donors (Lipinski definition) is 1. The second-order valence-electron chi connectivity index (χ2n) is 5.77. The normalized spacial score (nSPS) is 10.9. The number of nitro groups is 1. The van der Waals surface area contributed by atoms with Crippen LogP contribution in [0.3, 0.4) is 0 Å². The number of nitrogens with zero attached hydrogens (tertiary/aromatic N) is 3. The topological polar surface area (TPSA) is 129 Å². The zero-order chi connectivity index (χ0) is 21.0. The maximum absolute atomic E-state index is 12.5. The van der Waals surface area contributed by atoms with Crippen LogP contribution >= 0.6 is 0 Å². The SMILES string of the molecule is C=CCOc1c(OC)cc(C=Nn2c(=O)[nH]c3ccccc3c2=O)cc1[N+](=O)[O-]. The first kappa shape index (κ1) is 19.5. The van der Waals surface area contributed by atoms with Crippen LogP contribution in [0.15, 0.2) is 63.7 Å². The highest BCUT2D eigenvalue weighted by molar-refractivity contribution is 5.83. The minimum absolute atomic E-state index is 0.0481. The second-order valence-corrected chi connectivity index (χ2v) is 5.77. The summed E-state index contributed by atoms with van der Waals surface area (Å²) < 4.78 is 11.1. The minimum atomic E-state index is -0.739. The molecule has 10 heteroatoms. The summed E-state index contributed by atoms with van der Waals surface area (Å²) in [6, 6.07) is 9.14. The van der Waals surface area contributed by atoms with Gasteiger partial charge in [-0.1, -0.05) is 24.8 Å². The van der Waals surface area contributed by atoms with Crippen LogP contribution in [0.2, 0.25) is 0 Å². The Labute approximate surface area is 163 Å². The summed E-state index contributed by atoms with van der Waals surface area (Å²) in [6.45, 7) is 3.55. The molecule has 1 aromatic heterocycles. The van der Waals surface area contributed by atoms with Crippen LogP contribution in [0.1, 0.15) is 5.56 Å². The first-order chi connectivity index (χ1) is 14.0. The Balaban J connectivity index is 2.10. The monoisotopic (exact) mass is 396 g/mol. The van der Waals surface area contributed by atoms with Gasteiger partial charge in [0.1, 0.15) is 6.61 Å². The van der Waals surface area contributed by atoms with Crippen molar-refractivity contribution in [2.45, 2.75) is 0 Å². The van der Waals surface area contributed by atoms with E-state index in [2.05, 4.69) is 16.7 Å². The van der Waals surface area contributed by atoms with E-state index in [1.165, 1.54) is 25.3 Å². The van der Waals surface area contributed by atoms with E-state index in [0.29, 0.717) is 10.2 Å². The molecule has 148 valence electrons. The van der Waals surface area contributed by atoms with Crippen LogP contribution in [0.4, 0.5) is 5.69 Å². The molecule has 29 heavy (non-hydrogen) atoms. The molecule has 0 fully saturated rings. The zero-order valence-corrected chi connectivity index (χ0v) is 15.3. The van der Waals surface area contributed by atoms with E-state index in [1.54, 1.807) is 24.3 Å². The third-order valence-corrected chi connectivity index (χ3v) is 3.93. The van der Waals surface area contributed by atoms with E-state index in [1.807, 2.05) is 0 Å². The molecule has 0 aliphatic heterocycles. The Morgan fingerprint density at radius 2 is 2.07 bits per heavy atom. The molecular formula is C19H16N4O6. The highest BCUT2D eigenvalue weighted by atomic mass is 16.6. The summed E-state index contributed by atoms with van der Waals surface area (Å²) >= 11 is 0. The van der Waals surface area contributed by atoms with Gasteiger partial charge in [0.15, 0.2) is 5.75 Å². The molecular weight excluding hydrogens is 380 g/mol. The third kappa shape index (κ3) is 3.90. The van der Waals surface area contributed by atoms with Crippen molar-refractivity contribution >= 4 is 22.8 Å². The van der Waals surface area contributed by atoms with Gasteiger partial charge in [0.25, 0.3) is 5.56 Å². The van der Waals surface area contributed by atoms with E-state index < -0.39 is 16.2 Å². The Bertz CT molecular complexity index is 1240. The summed E-state index contributed by atoms with van der Waals surface area (Å²) in [6.07, 6.45) is 2.59. The Kier molecular flexibility index (Phi) is 5.54. The zero-order valence-electron chi connectivity index (χ0n) is 15.3. The number of benzene rings is 2. The molecule has 0 unspecified atom stereocenters. The predicted molar refractivity (Wildman–Crippen MR) is 107 cm³/mol. The standard InChI is InChI=1S/C19H16N4O6/c1-3-8-29-17-15(23(26)27)9-12(10-16(17)28-2)11-20-22-18(24)13-6-4-5-7-14(13)21-19(22)25/h3-7,9-11H,1,8H2,2H3,(H,21,25). The molecule has 0 spiro atoms. The highest BCUT2D eigenvalue weighted by Crippen LogP contribution is 2.38. The van der Waals surface area contributed by atoms with Crippen molar-refractivity contribution in [3.05, 3.63) is 85.6 Å². The van der Waals surface area contributed by atoms with E-state index >= 15 is 0 Å². The van der Waals surface area contributed by atoms with Crippen molar-refractivity contribution in [2.24, 2.45) is 5.10 Å². The number of hydrogen-bond acceptors (Lipinski definition) is 7. The van der Waals surface area contributed by atoms with Gasteiger partial charge >= 0.3 is 11.4 Å². The summed E-state index contributed by atoms with van der Waals surface area (Å²) in [5.41, 5.74) is -1.09. The average Bonchev–Trinajstić information content (AvgIpc) is 2.71. The lowest BCUT2D eigenvalue weighted by atomic mass is 10.2. The molecule has 0 bridgehead atoms. The van der Waals surface area contributed by atoms with E-state index in [4.69, 9.17) is 9.47 Å². The lowest BCUT2D eigenvalue weighted by Gasteiger charge is -2.10. The first-order valence-electron chi connectivity index (χ1n) is 8.34. The fraction of sp³-hybridized carbons (Fsp3) is 0.105. The second kappa shape index (κ2) is 8.21. The van der Waals surface area contributed by atoms with Gasteiger partial charge in [-0.15, -0.1) is 4.68 Å². The molecule has 3 aromatic rings. The minimum Gasteiger partial charge on any atom is -0.493 e. The molecule has 0 aliphatic carbocycles. The van der Waals surface area contributed by atoms with E-state index in [9.17, 15) is 19.7 Å².